The monoisotopic (exact) mass is 404 g/mol. The number of anilines is 1. The fourth-order valence-corrected chi connectivity index (χ4v) is 3.39. The summed E-state index contributed by atoms with van der Waals surface area (Å²) in [6.07, 6.45) is -2.64. The van der Waals surface area contributed by atoms with E-state index in [1.165, 1.54) is 6.08 Å². The number of amides is 1. The molecule has 1 saturated heterocycles. The van der Waals surface area contributed by atoms with Gasteiger partial charge in [0.2, 0.25) is 5.91 Å². The minimum absolute atomic E-state index is 0.131. The van der Waals surface area contributed by atoms with Crippen molar-refractivity contribution < 1.29 is 22.7 Å². The van der Waals surface area contributed by atoms with Crippen molar-refractivity contribution in [2.45, 2.75) is 31.7 Å². The molecule has 2 aromatic carbocycles. The average Bonchev–Trinajstić information content (AvgIpc) is 3.07. The zero-order valence-electron chi connectivity index (χ0n) is 16.1. The molecule has 3 rings (SSSR count). The van der Waals surface area contributed by atoms with Crippen LogP contribution in [0.2, 0.25) is 0 Å². The normalized spacial score (nSPS) is 19.1. The quantitative estimate of drug-likeness (QED) is 0.699. The number of nitrogens with zero attached hydrogens (tertiary/aromatic N) is 1. The average molecular weight is 404 g/mol. The van der Waals surface area contributed by atoms with Crippen molar-refractivity contribution in [3.63, 3.8) is 0 Å². The number of alkyl halides is 3. The summed E-state index contributed by atoms with van der Waals surface area (Å²) in [5.41, 5.74) is -0.162. The molecule has 0 aliphatic carbocycles. The van der Waals surface area contributed by atoms with Gasteiger partial charge in [-0.3, -0.25) is 4.79 Å². The third-order valence-electron chi connectivity index (χ3n) is 4.89. The van der Waals surface area contributed by atoms with Gasteiger partial charge in [0.05, 0.1) is 11.1 Å². The smallest absolute Gasteiger partial charge is 0.416 e. The first-order valence-electron chi connectivity index (χ1n) is 9.27. The lowest BCUT2D eigenvalue weighted by Crippen LogP contribution is -2.39. The first kappa shape index (κ1) is 20.8. The Bertz CT molecular complexity index is 883. The second-order valence-corrected chi connectivity index (χ2v) is 7.42. The van der Waals surface area contributed by atoms with Crippen molar-refractivity contribution in [1.82, 2.24) is 4.90 Å². The van der Waals surface area contributed by atoms with Crippen LogP contribution in [-0.2, 0) is 17.6 Å². The van der Waals surface area contributed by atoms with Crippen LogP contribution in [0.15, 0.2) is 61.2 Å². The van der Waals surface area contributed by atoms with Crippen LogP contribution in [0.4, 0.5) is 18.9 Å². The second kappa shape index (κ2) is 8.19. The number of hydrogen-bond acceptors (Lipinski definition) is 3. The van der Waals surface area contributed by atoms with E-state index in [2.05, 4.69) is 11.9 Å². The van der Waals surface area contributed by atoms with Crippen molar-refractivity contribution in [3.8, 4) is 5.75 Å². The van der Waals surface area contributed by atoms with Gasteiger partial charge in [-0.25, -0.2) is 0 Å². The molecule has 1 fully saturated rings. The molecule has 2 aromatic rings. The molecule has 154 valence electrons. The number of nitrogens with one attached hydrogen (secondary N) is 1. The number of rotatable bonds is 6. The standard InChI is InChI=1S/C22H23F3N2O2/c1-3-20(28)27-10-9-21(2,15-27)26-18-11-17(22(23,24)25)12-19(13-18)29-14-16-7-5-4-6-8-16/h3-8,11-13,26H,1,9-10,14-15H2,2H3. The maximum absolute atomic E-state index is 13.4. The van der Waals surface area contributed by atoms with Gasteiger partial charge in [-0.1, -0.05) is 36.9 Å². The summed E-state index contributed by atoms with van der Waals surface area (Å²) < 4.78 is 45.8. The van der Waals surface area contributed by atoms with E-state index < -0.39 is 17.3 Å². The van der Waals surface area contributed by atoms with E-state index >= 15 is 0 Å². The molecule has 7 heteroatoms. The Kier molecular flexibility index (Phi) is 5.86. The SMILES string of the molecule is C=CC(=O)N1CCC(C)(Nc2cc(OCc3ccccc3)cc(C(F)(F)F)c2)C1. The summed E-state index contributed by atoms with van der Waals surface area (Å²) in [7, 11) is 0. The minimum atomic E-state index is -4.50. The third-order valence-corrected chi connectivity index (χ3v) is 4.89. The molecule has 1 N–H and O–H groups in total. The minimum Gasteiger partial charge on any atom is -0.489 e. The molecule has 0 spiro atoms. The van der Waals surface area contributed by atoms with E-state index in [4.69, 9.17) is 4.74 Å². The summed E-state index contributed by atoms with van der Waals surface area (Å²) >= 11 is 0. The number of ether oxygens (including phenoxy) is 1. The van der Waals surface area contributed by atoms with E-state index in [9.17, 15) is 18.0 Å². The summed E-state index contributed by atoms with van der Waals surface area (Å²) in [6.45, 7) is 6.43. The maximum atomic E-state index is 13.4. The molecule has 1 aliphatic heterocycles. The zero-order valence-corrected chi connectivity index (χ0v) is 16.1. The van der Waals surface area contributed by atoms with Crippen molar-refractivity contribution in [3.05, 3.63) is 72.3 Å². The van der Waals surface area contributed by atoms with Gasteiger partial charge >= 0.3 is 6.18 Å². The number of carbonyl (C=O) groups excluding carboxylic acids is 1. The lowest BCUT2D eigenvalue weighted by atomic mass is 10.0. The Labute approximate surface area is 168 Å². The number of carbonyl (C=O) groups is 1. The van der Waals surface area contributed by atoms with Crippen molar-refractivity contribution in [2.75, 3.05) is 18.4 Å². The molecule has 0 bridgehead atoms. The Morgan fingerprint density at radius 3 is 2.66 bits per heavy atom. The largest absolute Gasteiger partial charge is 0.489 e. The molecule has 0 radical (unpaired) electrons. The first-order chi connectivity index (χ1) is 13.7. The van der Waals surface area contributed by atoms with Gasteiger partial charge in [0.25, 0.3) is 0 Å². The number of halogens is 3. The Hall–Kier alpha value is -2.96. The molecule has 0 saturated carbocycles. The summed E-state index contributed by atoms with van der Waals surface area (Å²) in [5, 5.41) is 3.17. The molecule has 1 unspecified atom stereocenters. The molecule has 1 aliphatic rings. The Morgan fingerprint density at radius 2 is 2.00 bits per heavy atom. The summed E-state index contributed by atoms with van der Waals surface area (Å²) in [5.74, 6) is -0.0572. The Morgan fingerprint density at radius 1 is 1.28 bits per heavy atom. The molecular formula is C22H23F3N2O2. The van der Waals surface area contributed by atoms with Gasteiger partial charge in [-0.05, 0) is 37.1 Å². The van der Waals surface area contributed by atoms with Crippen molar-refractivity contribution >= 4 is 11.6 Å². The first-order valence-corrected chi connectivity index (χ1v) is 9.27. The van der Waals surface area contributed by atoms with Gasteiger partial charge in [0, 0.05) is 24.8 Å². The van der Waals surface area contributed by atoms with Crippen LogP contribution in [0, 0.1) is 0 Å². The number of likely N-dealkylation sites (tertiary alicyclic amines) is 1. The Balaban J connectivity index is 1.80. The fourth-order valence-electron chi connectivity index (χ4n) is 3.39. The highest BCUT2D eigenvalue weighted by atomic mass is 19.4. The van der Waals surface area contributed by atoms with E-state index in [0.717, 1.165) is 17.7 Å². The van der Waals surface area contributed by atoms with Crippen LogP contribution in [0.1, 0.15) is 24.5 Å². The summed E-state index contributed by atoms with van der Waals surface area (Å²) in [4.78, 5) is 13.5. The molecule has 29 heavy (non-hydrogen) atoms. The third kappa shape index (κ3) is 5.31. The van der Waals surface area contributed by atoms with E-state index in [0.29, 0.717) is 25.2 Å². The van der Waals surface area contributed by atoms with E-state index in [1.807, 2.05) is 37.3 Å². The van der Waals surface area contributed by atoms with Crippen LogP contribution in [0.25, 0.3) is 0 Å². The molecule has 4 nitrogen and oxygen atoms in total. The van der Waals surface area contributed by atoms with Crippen molar-refractivity contribution in [1.29, 1.82) is 0 Å². The predicted octanol–water partition coefficient (Wildman–Crippen LogP) is 4.87. The van der Waals surface area contributed by atoms with E-state index in [-0.39, 0.29) is 18.3 Å². The zero-order chi connectivity index (χ0) is 21.1. The lowest BCUT2D eigenvalue weighted by Gasteiger charge is -2.28. The van der Waals surface area contributed by atoms with Crippen LogP contribution < -0.4 is 10.1 Å². The second-order valence-electron chi connectivity index (χ2n) is 7.42. The fraction of sp³-hybridized carbons (Fsp3) is 0.318. The topological polar surface area (TPSA) is 41.6 Å². The van der Waals surface area contributed by atoms with Gasteiger partial charge < -0.3 is 15.0 Å². The van der Waals surface area contributed by atoms with Crippen molar-refractivity contribution in [2.24, 2.45) is 0 Å². The van der Waals surface area contributed by atoms with Gasteiger partial charge in [-0.2, -0.15) is 13.2 Å². The summed E-state index contributed by atoms with van der Waals surface area (Å²) in [6, 6.07) is 12.9. The molecule has 1 amide bonds. The van der Waals surface area contributed by atoms with Crippen LogP contribution in [0.3, 0.4) is 0 Å². The highest BCUT2D eigenvalue weighted by molar-refractivity contribution is 5.87. The van der Waals surface area contributed by atoms with Gasteiger partial charge in [0.1, 0.15) is 12.4 Å². The number of benzene rings is 2. The maximum Gasteiger partial charge on any atom is 0.416 e. The number of hydrogen-bond donors (Lipinski definition) is 1. The molecular weight excluding hydrogens is 381 g/mol. The molecule has 1 heterocycles. The van der Waals surface area contributed by atoms with Gasteiger partial charge in [-0.15, -0.1) is 0 Å². The lowest BCUT2D eigenvalue weighted by molar-refractivity contribution is -0.137. The van der Waals surface area contributed by atoms with Crippen LogP contribution in [-0.4, -0.2) is 29.4 Å². The molecule has 0 aromatic heterocycles. The van der Waals surface area contributed by atoms with Crippen LogP contribution >= 0.6 is 0 Å². The highest BCUT2D eigenvalue weighted by Crippen LogP contribution is 2.36. The van der Waals surface area contributed by atoms with E-state index in [1.54, 1.807) is 11.0 Å². The molecule has 1 atom stereocenters. The van der Waals surface area contributed by atoms with Crippen LogP contribution in [0.5, 0.6) is 5.75 Å². The predicted molar refractivity (Wildman–Crippen MR) is 106 cm³/mol. The van der Waals surface area contributed by atoms with Gasteiger partial charge in [0.15, 0.2) is 0 Å². The highest BCUT2D eigenvalue weighted by Gasteiger charge is 2.36.